The smallest absolute Gasteiger partial charge is 0.265 e. The summed E-state index contributed by atoms with van der Waals surface area (Å²) in [6.45, 7) is 3.00. The Hall–Kier alpha value is -3.09. The molecule has 0 saturated carbocycles. The van der Waals surface area contributed by atoms with Crippen molar-refractivity contribution in [3.8, 4) is 6.07 Å². The molecule has 3 rings (SSSR count). The van der Waals surface area contributed by atoms with Gasteiger partial charge in [0.15, 0.2) is 0 Å². The highest BCUT2D eigenvalue weighted by Crippen LogP contribution is 2.39. The van der Waals surface area contributed by atoms with E-state index in [-0.39, 0.29) is 17.1 Å². The zero-order chi connectivity index (χ0) is 22.1. The summed E-state index contributed by atoms with van der Waals surface area (Å²) in [5, 5.41) is 14.1. The molecule has 2 N–H and O–H groups in total. The van der Waals surface area contributed by atoms with E-state index < -0.39 is 34.3 Å². The number of fused-ring (bicyclic) bond motifs is 1. The Morgan fingerprint density at radius 2 is 1.90 bits per heavy atom. The lowest BCUT2D eigenvalue weighted by Gasteiger charge is -2.37. The van der Waals surface area contributed by atoms with Crippen LogP contribution in [0.4, 0.5) is 11.4 Å². The Morgan fingerprint density at radius 1 is 1.27 bits per heavy atom. The lowest BCUT2D eigenvalue weighted by Crippen LogP contribution is -2.53. The van der Waals surface area contributed by atoms with Crippen LogP contribution in [0.2, 0.25) is 5.02 Å². The second kappa shape index (κ2) is 8.34. The van der Waals surface area contributed by atoms with Gasteiger partial charge >= 0.3 is 0 Å². The molecule has 0 spiro atoms. The molecule has 0 radical (unpaired) electrons. The molecular formula is C20H19ClN4O4S. The fourth-order valence-corrected chi connectivity index (χ4v) is 5.90. The number of carbonyl (C=O) groups is 2. The van der Waals surface area contributed by atoms with E-state index in [2.05, 4.69) is 10.6 Å². The van der Waals surface area contributed by atoms with Gasteiger partial charge in [-0.15, -0.1) is 0 Å². The van der Waals surface area contributed by atoms with Crippen LogP contribution in [0.3, 0.4) is 0 Å². The van der Waals surface area contributed by atoms with Crippen molar-refractivity contribution < 1.29 is 18.0 Å². The van der Waals surface area contributed by atoms with E-state index in [1.807, 2.05) is 0 Å². The zero-order valence-electron chi connectivity index (χ0n) is 16.3. The molecule has 2 aromatic carbocycles. The third-order valence-electron chi connectivity index (χ3n) is 4.67. The predicted molar refractivity (Wildman–Crippen MR) is 113 cm³/mol. The van der Waals surface area contributed by atoms with Gasteiger partial charge in [-0.2, -0.15) is 5.26 Å². The molecule has 0 aliphatic carbocycles. The van der Waals surface area contributed by atoms with E-state index in [4.69, 9.17) is 16.9 Å². The van der Waals surface area contributed by atoms with Crippen LogP contribution in [-0.2, 0) is 19.6 Å². The molecular weight excluding hydrogens is 428 g/mol. The lowest BCUT2D eigenvalue weighted by atomic mass is 10.1. The van der Waals surface area contributed by atoms with Crippen LogP contribution in [0.15, 0.2) is 41.3 Å². The number of halogens is 1. The number of carbonyl (C=O) groups excluding carboxylic acids is 2. The molecule has 0 saturated heterocycles. The fraction of sp³-hybridized carbons (Fsp3) is 0.250. The number of nitriles is 1. The molecule has 30 heavy (non-hydrogen) atoms. The minimum absolute atomic E-state index is 0.0267. The molecule has 2 amide bonds. The molecule has 1 heterocycles. The Balaban J connectivity index is 2.17. The van der Waals surface area contributed by atoms with E-state index in [9.17, 15) is 18.0 Å². The van der Waals surface area contributed by atoms with Crippen LogP contribution in [0.5, 0.6) is 0 Å². The lowest BCUT2D eigenvalue weighted by molar-refractivity contribution is -0.125. The molecule has 10 heteroatoms. The van der Waals surface area contributed by atoms with Crippen molar-refractivity contribution >= 4 is 44.8 Å². The summed E-state index contributed by atoms with van der Waals surface area (Å²) < 4.78 is 28.5. The van der Waals surface area contributed by atoms with Crippen molar-refractivity contribution in [3.63, 3.8) is 0 Å². The molecule has 1 aliphatic heterocycles. The van der Waals surface area contributed by atoms with Crippen LogP contribution < -0.4 is 14.9 Å². The summed E-state index contributed by atoms with van der Waals surface area (Å²) in [5.41, 5.74) is 1.43. The van der Waals surface area contributed by atoms with Crippen molar-refractivity contribution in [2.75, 3.05) is 16.2 Å². The second-order valence-corrected chi connectivity index (χ2v) is 9.02. The standard InChI is InChI=1S/C20H19ClN4O4S/c1-12-9-14(21)10-13(2)19(12)30(28,29)25-16-6-4-3-5-15(16)24-20(27)17(25)11-18(26)23-8-7-22/h3-6,9-10,17H,8,11H2,1-2H3,(H,23,26)(H,24,27). The average Bonchev–Trinajstić information content (AvgIpc) is 2.65. The average molecular weight is 447 g/mol. The Bertz CT molecular complexity index is 1150. The maximum Gasteiger partial charge on any atom is 0.265 e. The van der Waals surface area contributed by atoms with Crippen molar-refractivity contribution in [1.29, 1.82) is 5.26 Å². The molecule has 2 aromatic rings. The van der Waals surface area contributed by atoms with Crippen LogP contribution in [0.1, 0.15) is 17.5 Å². The highest BCUT2D eigenvalue weighted by molar-refractivity contribution is 7.93. The molecule has 0 fully saturated rings. The maximum atomic E-state index is 13.8. The molecule has 1 unspecified atom stereocenters. The quantitative estimate of drug-likeness (QED) is 0.684. The summed E-state index contributed by atoms with van der Waals surface area (Å²) in [7, 11) is -4.23. The highest BCUT2D eigenvalue weighted by atomic mass is 35.5. The summed E-state index contributed by atoms with van der Waals surface area (Å²) in [6, 6.07) is 9.98. The Labute approximate surface area is 179 Å². The molecule has 1 aliphatic rings. The van der Waals surface area contributed by atoms with Crippen LogP contribution >= 0.6 is 11.6 Å². The molecule has 156 valence electrons. The van der Waals surface area contributed by atoms with Gasteiger partial charge in [0.2, 0.25) is 11.8 Å². The summed E-state index contributed by atoms with van der Waals surface area (Å²) in [4.78, 5) is 25.1. The Morgan fingerprint density at radius 3 is 2.53 bits per heavy atom. The fourth-order valence-electron chi connectivity index (χ4n) is 3.52. The monoisotopic (exact) mass is 446 g/mol. The van der Waals surface area contributed by atoms with Gasteiger partial charge in [-0.3, -0.25) is 13.9 Å². The topological polar surface area (TPSA) is 119 Å². The third-order valence-corrected chi connectivity index (χ3v) is 7.02. The van der Waals surface area contributed by atoms with Gasteiger partial charge < -0.3 is 10.6 Å². The van der Waals surface area contributed by atoms with Gasteiger partial charge in [-0.05, 0) is 49.2 Å². The van der Waals surface area contributed by atoms with Crippen molar-refractivity contribution in [2.45, 2.75) is 31.2 Å². The first-order valence-electron chi connectivity index (χ1n) is 9.01. The third kappa shape index (κ3) is 3.97. The number of nitrogens with one attached hydrogen (secondary N) is 2. The largest absolute Gasteiger partial charge is 0.343 e. The van der Waals surface area contributed by atoms with E-state index in [0.717, 1.165) is 4.31 Å². The van der Waals surface area contributed by atoms with Gasteiger partial charge in [0.05, 0.1) is 28.8 Å². The number of rotatable bonds is 5. The van der Waals surface area contributed by atoms with Gasteiger partial charge in [0, 0.05) is 5.02 Å². The minimum Gasteiger partial charge on any atom is -0.343 e. The number of benzene rings is 2. The van der Waals surface area contributed by atoms with E-state index in [1.165, 1.54) is 12.1 Å². The number of hydrogen-bond acceptors (Lipinski definition) is 5. The number of sulfonamides is 1. The van der Waals surface area contributed by atoms with Gasteiger partial charge in [0.1, 0.15) is 12.6 Å². The minimum atomic E-state index is -4.23. The number of aryl methyl sites for hydroxylation is 2. The van der Waals surface area contributed by atoms with E-state index >= 15 is 0 Å². The number of hydrogen-bond donors (Lipinski definition) is 2. The number of anilines is 2. The second-order valence-electron chi connectivity index (χ2n) is 6.83. The SMILES string of the molecule is Cc1cc(Cl)cc(C)c1S(=O)(=O)N1c2ccccc2NC(=O)C1CC(=O)NCC#N. The first-order chi connectivity index (χ1) is 14.2. The van der Waals surface area contributed by atoms with Crippen molar-refractivity contribution in [2.24, 2.45) is 0 Å². The number of amides is 2. The molecule has 1 atom stereocenters. The number of para-hydroxylation sites is 2. The van der Waals surface area contributed by atoms with Gasteiger partial charge in [0.25, 0.3) is 10.0 Å². The van der Waals surface area contributed by atoms with Crippen LogP contribution in [0.25, 0.3) is 0 Å². The van der Waals surface area contributed by atoms with Crippen molar-refractivity contribution in [3.05, 3.63) is 52.5 Å². The molecule has 8 nitrogen and oxygen atoms in total. The predicted octanol–water partition coefficient (Wildman–Crippen LogP) is 2.50. The van der Waals surface area contributed by atoms with Crippen LogP contribution in [-0.4, -0.2) is 32.8 Å². The van der Waals surface area contributed by atoms with Gasteiger partial charge in [-0.1, -0.05) is 23.7 Å². The Kier molecular flexibility index (Phi) is 6.01. The highest BCUT2D eigenvalue weighted by Gasteiger charge is 2.42. The zero-order valence-corrected chi connectivity index (χ0v) is 17.8. The van der Waals surface area contributed by atoms with E-state index in [0.29, 0.717) is 21.8 Å². The molecule has 0 bridgehead atoms. The summed E-state index contributed by atoms with van der Waals surface area (Å²) in [5.74, 6) is -1.24. The normalized spacial score (nSPS) is 15.7. The number of nitrogens with zero attached hydrogens (tertiary/aromatic N) is 2. The first kappa shape index (κ1) is 21.6. The summed E-state index contributed by atoms with van der Waals surface area (Å²) in [6.07, 6.45) is -0.438. The van der Waals surface area contributed by atoms with Crippen LogP contribution in [0, 0.1) is 25.2 Å². The van der Waals surface area contributed by atoms with Crippen molar-refractivity contribution in [1.82, 2.24) is 5.32 Å². The summed E-state index contributed by atoms with van der Waals surface area (Å²) >= 11 is 6.06. The molecule has 0 aromatic heterocycles. The maximum absolute atomic E-state index is 13.8. The first-order valence-corrected chi connectivity index (χ1v) is 10.8. The van der Waals surface area contributed by atoms with Gasteiger partial charge in [-0.25, -0.2) is 8.42 Å². The van der Waals surface area contributed by atoms with E-state index in [1.54, 1.807) is 44.2 Å².